The van der Waals surface area contributed by atoms with Crippen molar-refractivity contribution in [2.75, 3.05) is 6.61 Å². The molecule has 1 atom stereocenters. The van der Waals surface area contributed by atoms with E-state index in [-0.39, 0.29) is 6.10 Å². The number of thiocarbonyl (C=S) groups is 1. The van der Waals surface area contributed by atoms with Gasteiger partial charge in [0.15, 0.2) is 5.05 Å². The highest BCUT2D eigenvalue weighted by molar-refractivity contribution is 7.80. The maximum Gasteiger partial charge on any atom is 0.159 e. The number of hydrogen-bond acceptors (Lipinski definition) is 3. The third-order valence-corrected chi connectivity index (χ3v) is 2.42. The van der Waals surface area contributed by atoms with Gasteiger partial charge in [0.05, 0.1) is 12.7 Å². The van der Waals surface area contributed by atoms with Crippen molar-refractivity contribution in [2.24, 2.45) is 0 Å². The van der Waals surface area contributed by atoms with Gasteiger partial charge in [0.25, 0.3) is 0 Å². The standard InChI is InChI=1S/C11H22O2S/c1-3-7-10(12)8-5-6-9-11(14)13-4-2/h10,12H,3-9H2,1-2H3. The molecule has 0 saturated carbocycles. The van der Waals surface area contributed by atoms with Gasteiger partial charge in [-0.1, -0.05) is 19.8 Å². The summed E-state index contributed by atoms with van der Waals surface area (Å²) in [6.45, 7) is 4.70. The maximum atomic E-state index is 9.45. The van der Waals surface area contributed by atoms with Gasteiger partial charge in [0.1, 0.15) is 0 Å². The molecule has 0 bridgehead atoms. The largest absolute Gasteiger partial charge is 0.487 e. The van der Waals surface area contributed by atoms with E-state index in [1.807, 2.05) is 6.92 Å². The lowest BCUT2D eigenvalue weighted by Gasteiger charge is -2.08. The van der Waals surface area contributed by atoms with Crippen LogP contribution in [0.15, 0.2) is 0 Å². The smallest absolute Gasteiger partial charge is 0.159 e. The Morgan fingerprint density at radius 3 is 2.57 bits per heavy atom. The molecule has 0 aliphatic carbocycles. The van der Waals surface area contributed by atoms with Crippen LogP contribution < -0.4 is 0 Å². The zero-order valence-electron chi connectivity index (χ0n) is 9.29. The van der Waals surface area contributed by atoms with Gasteiger partial charge in [-0.3, -0.25) is 0 Å². The number of aliphatic hydroxyl groups excluding tert-OH is 1. The van der Waals surface area contributed by atoms with Crippen LogP contribution in [0.2, 0.25) is 0 Å². The Morgan fingerprint density at radius 2 is 2.00 bits per heavy atom. The number of hydrogen-bond donors (Lipinski definition) is 1. The Balaban J connectivity index is 3.24. The van der Waals surface area contributed by atoms with E-state index in [1.165, 1.54) is 0 Å². The third kappa shape index (κ3) is 8.45. The van der Waals surface area contributed by atoms with Crippen LogP contribution in [-0.2, 0) is 4.74 Å². The molecule has 0 aliphatic rings. The van der Waals surface area contributed by atoms with Crippen LogP contribution in [0.1, 0.15) is 52.4 Å². The molecule has 1 unspecified atom stereocenters. The number of ether oxygens (including phenoxy) is 1. The molecule has 0 saturated heterocycles. The highest BCUT2D eigenvalue weighted by atomic mass is 32.1. The van der Waals surface area contributed by atoms with Crippen LogP contribution in [0.25, 0.3) is 0 Å². The van der Waals surface area contributed by atoms with Crippen LogP contribution in [-0.4, -0.2) is 22.9 Å². The van der Waals surface area contributed by atoms with Gasteiger partial charge in [-0.25, -0.2) is 0 Å². The van der Waals surface area contributed by atoms with E-state index in [0.29, 0.717) is 11.7 Å². The molecule has 0 amide bonds. The first-order chi connectivity index (χ1) is 6.70. The predicted molar refractivity (Wildman–Crippen MR) is 63.6 cm³/mol. The minimum atomic E-state index is -0.124. The number of unbranched alkanes of at least 4 members (excludes halogenated alkanes) is 1. The fourth-order valence-corrected chi connectivity index (χ4v) is 1.62. The molecule has 0 spiro atoms. The van der Waals surface area contributed by atoms with E-state index in [2.05, 4.69) is 6.92 Å². The molecular weight excluding hydrogens is 196 g/mol. The minimum Gasteiger partial charge on any atom is -0.487 e. The summed E-state index contributed by atoms with van der Waals surface area (Å²) in [5.74, 6) is 0. The quantitative estimate of drug-likeness (QED) is 0.501. The fourth-order valence-electron chi connectivity index (χ4n) is 1.36. The Hall–Kier alpha value is -0.150. The second-order valence-corrected chi connectivity index (χ2v) is 3.95. The highest BCUT2D eigenvalue weighted by Crippen LogP contribution is 2.08. The molecule has 3 heteroatoms. The summed E-state index contributed by atoms with van der Waals surface area (Å²) in [5.41, 5.74) is 0. The van der Waals surface area contributed by atoms with E-state index < -0.39 is 0 Å². The average molecular weight is 218 g/mol. The van der Waals surface area contributed by atoms with Crippen molar-refractivity contribution in [2.45, 2.75) is 58.5 Å². The van der Waals surface area contributed by atoms with Crippen molar-refractivity contribution in [3.8, 4) is 0 Å². The van der Waals surface area contributed by atoms with E-state index in [1.54, 1.807) is 0 Å². The first kappa shape index (κ1) is 13.8. The van der Waals surface area contributed by atoms with Crippen molar-refractivity contribution in [1.29, 1.82) is 0 Å². The van der Waals surface area contributed by atoms with Crippen molar-refractivity contribution in [3.63, 3.8) is 0 Å². The Labute approximate surface area is 92.7 Å². The van der Waals surface area contributed by atoms with Gasteiger partial charge in [0.2, 0.25) is 0 Å². The molecule has 0 heterocycles. The zero-order valence-corrected chi connectivity index (χ0v) is 10.1. The van der Waals surface area contributed by atoms with Gasteiger partial charge in [-0.15, -0.1) is 0 Å². The summed E-state index contributed by atoms with van der Waals surface area (Å²) in [7, 11) is 0. The van der Waals surface area contributed by atoms with Crippen LogP contribution in [0.5, 0.6) is 0 Å². The molecule has 0 rings (SSSR count). The average Bonchev–Trinajstić information content (AvgIpc) is 2.13. The van der Waals surface area contributed by atoms with Crippen LogP contribution in [0.3, 0.4) is 0 Å². The van der Waals surface area contributed by atoms with Crippen LogP contribution in [0.4, 0.5) is 0 Å². The van der Waals surface area contributed by atoms with Crippen molar-refractivity contribution in [1.82, 2.24) is 0 Å². The van der Waals surface area contributed by atoms with Crippen LogP contribution >= 0.6 is 12.2 Å². The molecule has 2 nitrogen and oxygen atoms in total. The summed E-state index contributed by atoms with van der Waals surface area (Å²) in [4.78, 5) is 0. The first-order valence-electron chi connectivity index (χ1n) is 5.54. The third-order valence-electron chi connectivity index (χ3n) is 2.10. The first-order valence-corrected chi connectivity index (χ1v) is 5.95. The lowest BCUT2D eigenvalue weighted by Crippen LogP contribution is -2.06. The Bertz CT molecular complexity index is 148. The SMILES string of the molecule is CCCC(O)CCCCC(=S)OCC. The molecule has 0 aromatic carbocycles. The Kier molecular flexibility index (Phi) is 9.31. The number of aliphatic hydroxyl groups is 1. The molecule has 0 aliphatic heterocycles. The predicted octanol–water partition coefficient (Wildman–Crippen LogP) is 3.07. The maximum absolute atomic E-state index is 9.45. The Morgan fingerprint density at radius 1 is 1.29 bits per heavy atom. The van der Waals surface area contributed by atoms with Gasteiger partial charge in [-0.05, 0) is 38.4 Å². The summed E-state index contributed by atoms with van der Waals surface area (Å²) in [6, 6.07) is 0. The highest BCUT2D eigenvalue weighted by Gasteiger charge is 2.02. The van der Waals surface area contributed by atoms with Crippen LogP contribution in [0, 0.1) is 0 Å². The second-order valence-electron chi connectivity index (χ2n) is 3.49. The normalized spacial score (nSPS) is 12.5. The molecule has 0 fully saturated rings. The molecule has 1 N–H and O–H groups in total. The van der Waals surface area contributed by atoms with Crippen molar-refractivity contribution < 1.29 is 9.84 Å². The van der Waals surface area contributed by atoms with E-state index in [4.69, 9.17) is 17.0 Å². The molecule has 0 radical (unpaired) electrons. The zero-order chi connectivity index (χ0) is 10.8. The minimum absolute atomic E-state index is 0.124. The topological polar surface area (TPSA) is 29.5 Å². The second kappa shape index (κ2) is 9.41. The fraction of sp³-hybridized carbons (Fsp3) is 0.909. The van der Waals surface area contributed by atoms with E-state index in [0.717, 1.165) is 38.5 Å². The summed E-state index contributed by atoms with van der Waals surface area (Å²) >= 11 is 5.00. The van der Waals surface area contributed by atoms with Gasteiger partial charge in [-0.2, -0.15) is 0 Å². The van der Waals surface area contributed by atoms with E-state index >= 15 is 0 Å². The molecule has 84 valence electrons. The summed E-state index contributed by atoms with van der Waals surface area (Å²) in [6.07, 6.45) is 5.65. The molecular formula is C11H22O2S. The monoisotopic (exact) mass is 218 g/mol. The summed E-state index contributed by atoms with van der Waals surface area (Å²) in [5, 5.41) is 10.2. The summed E-state index contributed by atoms with van der Waals surface area (Å²) < 4.78 is 5.17. The molecule has 0 aromatic rings. The lowest BCUT2D eigenvalue weighted by molar-refractivity contribution is 0.150. The van der Waals surface area contributed by atoms with E-state index in [9.17, 15) is 5.11 Å². The number of rotatable bonds is 8. The van der Waals surface area contributed by atoms with Gasteiger partial charge in [0, 0.05) is 6.42 Å². The van der Waals surface area contributed by atoms with Gasteiger partial charge < -0.3 is 9.84 Å². The van der Waals surface area contributed by atoms with Gasteiger partial charge >= 0.3 is 0 Å². The lowest BCUT2D eigenvalue weighted by atomic mass is 10.1. The molecule has 14 heavy (non-hydrogen) atoms. The molecule has 0 aromatic heterocycles. The van der Waals surface area contributed by atoms with Crippen molar-refractivity contribution >= 4 is 17.3 Å². The van der Waals surface area contributed by atoms with Crippen molar-refractivity contribution in [3.05, 3.63) is 0 Å².